The third-order valence-corrected chi connectivity index (χ3v) is 2.20. The summed E-state index contributed by atoms with van der Waals surface area (Å²) in [5.74, 6) is 0.755. The molecule has 1 rings (SSSR count). The summed E-state index contributed by atoms with van der Waals surface area (Å²) in [7, 11) is 0. The van der Waals surface area contributed by atoms with E-state index in [4.69, 9.17) is 0 Å². The molecule has 1 unspecified atom stereocenters. The maximum atomic E-state index is 2.37. The first-order chi connectivity index (χ1) is 4.77. The van der Waals surface area contributed by atoms with Gasteiger partial charge in [0.25, 0.3) is 0 Å². The predicted molar refractivity (Wildman–Crippen MR) is 45.9 cm³/mol. The number of hydrogen-bond acceptors (Lipinski definition) is 0. The van der Waals surface area contributed by atoms with Crippen LogP contribution in [0, 0.1) is 5.92 Å². The maximum absolute atomic E-state index is 2.37. The van der Waals surface area contributed by atoms with E-state index in [1.807, 2.05) is 0 Å². The van der Waals surface area contributed by atoms with Crippen LogP contribution in [0.5, 0.6) is 0 Å². The lowest BCUT2D eigenvalue weighted by molar-refractivity contribution is 0.710. The Hall–Kier alpha value is -0.520. The molecule has 0 fully saturated rings. The van der Waals surface area contributed by atoms with Gasteiger partial charge in [0, 0.05) is 0 Å². The second-order valence-corrected chi connectivity index (χ2v) is 3.00. The van der Waals surface area contributed by atoms with Crippen molar-refractivity contribution in [3.05, 3.63) is 23.3 Å². The van der Waals surface area contributed by atoms with E-state index in [9.17, 15) is 0 Å². The van der Waals surface area contributed by atoms with Gasteiger partial charge in [0.1, 0.15) is 0 Å². The van der Waals surface area contributed by atoms with Gasteiger partial charge in [0.2, 0.25) is 0 Å². The first-order valence-electron chi connectivity index (χ1n) is 4.16. The molecule has 0 bridgehead atoms. The minimum atomic E-state index is 0.755. The van der Waals surface area contributed by atoms with Crippen molar-refractivity contribution < 1.29 is 0 Å². The van der Waals surface area contributed by atoms with Crippen LogP contribution in [0.4, 0.5) is 0 Å². The van der Waals surface area contributed by atoms with Crippen LogP contribution in [0.15, 0.2) is 23.3 Å². The summed E-state index contributed by atoms with van der Waals surface area (Å²) in [4.78, 5) is 0. The third kappa shape index (κ3) is 1.31. The van der Waals surface area contributed by atoms with Crippen molar-refractivity contribution in [3.63, 3.8) is 0 Å². The Labute approximate surface area is 63.6 Å². The largest absolute Gasteiger partial charge is 0.0744 e. The quantitative estimate of drug-likeness (QED) is 0.546. The molecule has 0 saturated heterocycles. The van der Waals surface area contributed by atoms with Gasteiger partial charge in [-0.05, 0) is 25.7 Å². The molecule has 0 amide bonds. The Morgan fingerprint density at radius 1 is 1.40 bits per heavy atom. The third-order valence-electron chi connectivity index (χ3n) is 2.20. The molecule has 0 radical (unpaired) electrons. The van der Waals surface area contributed by atoms with E-state index < -0.39 is 0 Å². The van der Waals surface area contributed by atoms with Gasteiger partial charge in [-0.2, -0.15) is 0 Å². The first kappa shape index (κ1) is 7.59. The highest BCUT2D eigenvalue weighted by Crippen LogP contribution is 2.28. The zero-order valence-electron chi connectivity index (χ0n) is 7.15. The topological polar surface area (TPSA) is 0 Å². The molecule has 1 aliphatic carbocycles. The van der Waals surface area contributed by atoms with Crippen LogP contribution < -0.4 is 0 Å². The van der Waals surface area contributed by atoms with Gasteiger partial charge in [-0.3, -0.25) is 0 Å². The molecule has 0 saturated carbocycles. The molecule has 0 N–H and O–H groups in total. The lowest BCUT2D eigenvalue weighted by Gasteiger charge is -2.07. The van der Waals surface area contributed by atoms with Gasteiger partial charge in [0.05, 0.1) is 0 Å². The van der Waals surface area contributed by atoms with Crippen LogP contribution in [-0.2, 0) is 0 Å². The smallest absolute Gasteiger partial charge is 0.00171 e. The van der Waals surface area contributed by atoms with E-state index in [1.54, 1.807) is 5.57 Å². The van der Waals surface area contributed by atoms with Crippen LogP contribution in [0.3, 0.4) is 0 Å². The van der Waals surface area contributed by atoms with Crippen molar-refractivity contribution in [3.8, 4) is 0 Å². The normalized spacial score (nSPS) is 24.5. The standard InChI is InChI=1S/C10H16/c1-4-9-6-8(3)7-10(9)5-2/h6-7,9H,4-5H2,1-3H3. The zero-order valence-corrected chi connectivity index (χ0v) is 7.15. The molecule has 56 valence electrons. The van der Waals surface area contributed by atoms with Gasteiger partial charge in [-0.1, -0.05) is 37.1 Å². The molecule has 0 aromatic carbocycles. The highest BCUT2D eigenvalue weighted by atomic mass is 14.2. The summed E-state index contributed by atoms with van der Waals surface area (Å²) in [6.07, 6.45) is 7.18. The summed E-state index contributed by atoms with van der Waals surface area (Å²) in [6, 6.07) is 0. The van der Waals surface area contributed by atoms with Crippen LogP contribution >= 0.6 is 0 Å². The predicted octanol–water partition coefficient (Wildman–Crippen LogP) is 3.31. The van der Waals surface area contributed by atoms with E-state index in [-0.39, 0.29) is 0 Å². The molecule has 10 heavy (non-hydrogen) atoms. The summed E-state index contributed by atoms with van der Waals surface area (Å²) in [6.45, 7) is 6.68. The van der Waals surface area contributed by atoms with Crippen LogP contribution in [0.1, 0.15) is 33.6 Å². The molecule has 1 atom stereocenters. The van der Waals surface area contributed by atoms with Crippen LogP contribution in [0.25, 0.3) is 0 Å². The van der Waals surface area contributed by atoms with Gasteiger partial charge >= 0.3 is 0 Å². The fourth-order valence-corrected chi connectivity index (χ4v) is 1.62. The second-order valence-electron chi connectivity index (χ2n) is 3.00. The molecule has 1 aliphatic rings. The number of rotatable bonds is 2. The van der Waals surface area contributed by atoms with Crippen molar-refractivity contribution >= 4 is 0 Å². The van der Waals surface area contributed by atoms with Crippen molar-refractivity contribution in [1.82, 2.24) is 0 Å². The molecule has 0 heteroatoms. The van der Waals surface area contributed by atoms with E-state index >= 15 is 0 Å². The first-order valence-corrected chi connectivity index (χ1v) is 4.16. The van der Waals surface area contributed by atoms with Crippen molar-refractivity contribution in [1.29, 1.82) is 0 Å². The van der Waals surface area contributed by atoms with Crippen molar-refractivity contribution in [2.75, 3.05) is 0 Å². The monoisotopic (exact) mass is 136 g/mol. The maximum Gasteiger partial charge on any atom is -0.00171 e. The average Bonchev–Trinajstić information content (AvgIpc) is 2.30. The van der Waals surface area contributed by atoms with Crippen molar-refractivity contribution in [2.24, 2.45) is 5.92 Å². The molecule has 0 spiro atoms. The second kappa shape index (κ2) is 3.05. The molecule has 0 aromatic rings. The van der Waals surface area contributed by atoms with Crippen molar-refractivity contribution in [2.45, 2.75) is 33.6 Å². The fourth-order valence-electron chi connectivity index (χ4n) is 1.62. The molecule has 0 heterocycles. The number of hydrogen-bond donors (Lipinski definition) is 0. The Morgan fingerprint density at radius 3 is 2.50 bits per heavy atom. The van der Waals surface area contributed by atoms with E-state index in [0.29, 0.717) is 0 Å². The highest BCUT2D eigenvalue weighted by molar-refractivity contribution is 5.33. The molecule has 0 aromatic heterocycles. The average molecular weight is 136 g/mol. The van der Waals surface area contributed by atoms with Crippen LogP contribution in [0.2, 0.25) is 0 Å². The minimum absolute atomic E-state index is 0.755. The summed E-state index contributed by atoms with van der Waals surface area (Å²) in [5.41, 5.74) is 3.06. The Balaban J connectivity index is 2.68. The molecular formula is C10H16. The van der Waals surface area contributed by atoms with E-state index in [0.717, 1.165) is 5.92 Å². The molecule has 0 nitrogen and oxygen atoms in total. The zero-order chi connectivity index (χ0) is 7.56. The van der Waals surface area contributed by atoms with E-state index in [1.165, 1.54) is 18.4 Å². The Kier molecular flexibility index (Phi) is 2.31. The SMILES string of the molecule is CCC1=CC(C)=CC1CC. The lowest BCUT2D eigenvalue weighted by Crippen LogP contribution is -1.93. The number of allylic oxidation sites excluding steroid dienone is 4. The van der Waals surface area contributed by atoms with Gasteiger partial charge in [-0.25, -0.2) is 0 Å². The lowest BCUT2D eigenvalue weighted by atomic mass is 9.98. The Morgan fingerprint density at radius 2 is 2.10 bits per heavy atom. The molecular weight excluding hydrogens is 120 g/mol. The minimum Gasteiger partial charge on any atom is -0.0744 e. The summed E-state index contributed by atoms with van der Waals surface area (Å²) >= 11 is 0. The van der Waals surface area contributed by atoms with Gasteiger partial charge < -0.3 is 0 Å². The molecule has 0 aliphatic heterocycles. The summed E-state index contributed by atoms with van der Waals surface area (Å²) in [5, 5.41) is 0. The summed E-state index contributed by atoms with van der Waals surface area (Å²) < 4.78 is 0. The fraction of sp³-hybridized carbons (Fsp3) is 0.600. The van der Waals surface area contributed by atoms with E-state index in [2.05, 4.69) is 32.9 Å². The van der Waals surface area contributed by atoms with Gasteiger partial charge in [-0.15, -0.1) is 0 Å². The van der Waals surface area contributed by atoms with Gasteiger partial charge in [0.15, 0.2) is 0 Å². The highest BCUT2D eigenvalue weighted by Gasteiger charge is 2.12. The van der Waals surface area contributed by atoms with Crippen LogP contribution in [-0.4, -0.2) is 0 Å². The Bertz CT molecular complexity index is 172.